The summed E-state index contributed by atoms with van der Waals surface area (Å²) in [5.41, 5.74) is 6.63. The SMILES string of the molecule is Cn1cc(S(=O)(=O)Nc2cn[nH]c2)cc1CN. The van der Waals surface area contributed by atoms with Gasteiger partial charge in [0, 0.05) is 31.7 Å². The summed E-state index contributed by atoms with van der Waals surface area (Å²) in [6.45, 7) is 0.289. The number of hydrogen-bond acceptors (Lipinski definition) is 4. The summed E-state index contributed by atoms with van der Waals surface area (Å²) in [6, 6.07) is 1.54. The quantitative estimate of drug-likeness (QED) is 0.715. The maximum atomic E-state index is 12.0. The van der Waals surface area contributed by atoms with E-state index in [0.29, 0.717) is 5.69 Å². The van der Waals surface area contributed by atoms with Crippen LogP contribution in [0.3, 0.4) is 0 Å². The van der Waals surface area contributed by atoms with Gasteiger partial charge in [0.1, 0.15) is 4.90 Å². The molecule has 0 fully saturated rings. The zero-order chi connectivity index (χ0) is 12.5. The Balaban J connectivity index is 2.31. The molecule has 0 aliphatic carbocycles. The number of hydrogen-bond donors (Lipinski definition) is 3. The summed E-state index contributed by atoms with van der Waals surface area (Å²) in [5, 5.41) is 6.19. The Morgan fingerprint density at radius 3 is 2.88 bits per heavy atom. The molecule has 0 aromatic carbocycles. The Morgan fingerprint density at radius 1 is 1.59 bits per heavy atom. The molecule has 92 valence electrons. The Kier molecular flexibility index (Phi) is 2.90. The Morgan fingerprint density at radius 2 is 2.35 bits per heavy atom. The van der Waals surface area contributed by atoms with Crippen molar-refractivity contribution in [1.29, 1.82) is 0 Å². The van der Waals surface area contributed by atoms with E-state index in [2.05, 4.69) is 14.9 Å². The maximum Gasteiger partial charge on any atom is 0.263 e. The van der Waals surface area contributed by atoms with Crippen LogP contribution >= 0.6 is 0 Å². The van der Waals surface area contributed by atoms with Crippen LogP contribution in [0.5, 0.6) is 0 Å². The molecule has 0 radical (unpaired) electrons. The van der Waals surface area contributed by atoms with Gasteiger partial charge >= 0.3 is 0 Å². The molecular weight excluding hydrogens is 242 g/mol. The molecule has 0 aliphatic heterocycles. The molecule has 0 amide bonds. The lowest BCUT2D eigenvalue weighted by Crippen LogP contribution is -2.11. The first-order valence-electron chi connectivity index (χ1n) is 4.90. The minimum Gasteiger partial charge on any atom is -0.352 e. The Bertz CT molecular complexity index is 599. The normalized spacial score (nSPS) is 11.6. The fourth-order valence-electron chi connectivity index (χ4n) is 1.45. The smallest absolute Gasteiger partial charge is 0.263 e. The number of anilines is 1. The number of sulfonamides is 1. The second-order valence-electron chi connectivity index (χ2n) is 3.57. The van der Waals surface area contributed by atoms with Crippen molar-refractivity contribution in [2.75, 3.05) is 4.72 Å². The number of rotatable bonds is 4. The van der Waals surface area contributed by atoms with Crippen LogP contribution in [0.2, 0.25) is 0 Å². The Hall–Kier alpha value is -1.80. The minimum atomic E-state index is -3.58. The van der Waals surface area contributed by atoms with Gasteiger partial charge in [-0.25, -0.2) is 8.42 Å². The highest BCUT2D eigenvalue weighted by Crippen LogP contribution is 2.16. The number of nitrogens with one attached hydrogen (secondary N) is 2. The molecule has 17 heavy (non-hydrogen) atoms. The van der Waals surface area contributed by atoms with Gasteiger partial charge in [0.25, 0.3) is 10.0 Å². The van der Waals surface area contributed by atoms with Crippen LogP contribution in [0.25, 0.3) is 0 Å². The molecule has 2 aromatic rings. The summed E-state index contributed by atoms with van der Waals surface area (Å²) >= 11 is 0. The lowest BCUT2D eigenvalue weighted by molar-refractivity contribution is 0.601. The number of aryl methyl sites for hydroxylation is 1. The van der Waals surface area contributed by atoms with Gasteiger partial charge in [0.05, 0.1) is 11.9 Å². The van der Waals surface area contributed by atoms with Gasteiger partial charge in [0.15, 0.2) is 0 Å². The average molecular weight is 255 g/mol. The van der Waals surface area contributed by atoms with Crippen molar-refractivity contribution < 1.29 is 8.42 Å². The molecule has 2 rings (SSSR count). The van der Waals surface area contributed by atoms with Gasteiger partial charge in [-0.2, -0.15) is 5.10 Å². The first-order chi connectivity index (χ1) is 8.03. The molecule has 4 N–H and O–H groups in total. The monoisotopic (exact) mass is 255 g/mol. The van der Waals surface area contributed by atoms with Crippen LogP contribution in [0, 0.1) is 0 Å². The molecule has 7 nitrogen and oxygen atoms in total. The van der Waals surface area contributed by atoms with Crippen LogP contribution < -0.4 is 10.5 Å². The van der Waals surface area contributed by atoms with Crippen LogP contribution in [0.4, 0.5) is 5.69 Å². The first-order valence-corrected chi connectivity index (χ1v) is 6.38. The molecule has 8 heteroatoms. The number of aromatic amines is 1. The van der Waals surface area contributed by atoms with Crippen LogP contribution in [-0.4, -0.2) is 23.2 Å². The summed E-state index contributed by atoms with van der Waals surface area (Å²) in [4.78, 5) is 0.182. The Labute approximate surface area is 98.7 Å². The molecule has 2 heterocycles. The van der Waals surface area contributed by atoms with Crippen molar-refractivity contribution in [3.05, 3.63) is 30.4 Å². The highest BCUT2D eigenvalue weighted by Gasteiger charge is 2.17. The van der Waals surface area contributed by atoms with E-state index >= 15 is 0 Å². The fraction of sp³-hybridized carbons (Fsp3) is 0.222. The molecule has 0 atom stereocenters. The zero-order valence-corrected chi connectivity index (χ0v) is 10.0. The van der Waals surface area contributed by atoms with E-state index < -0.39 is 10.0 Å². The average Bonchev–Trinajstić information content (AvgIpc) is 2.87. The van der Waals surface area contributed by atoms with Gasteiger partial charge < -0.3 is 10.3 Å². The van der Waals surface area contributed by atoms with Crippen molar-refractivity contribution in [2.45, 2.75) is 11.4 Å². The van der Waals surface area contributed by atoms with Gasteiger partial charge in [-0.15, -0.1) is 0 Å². The van der Waals surface area contributed by atoms with Crippen molar-refractivity contribution in [2.24, 2.45) is 12.8 Å². The molecular formula is C9H13N5O2S. The first kappa shape index (κ1) is 11.7. The second kappa shape index (κ2) is 4.22. The molecule has 0 aliphatic rings. The van der Waals surface area contributed by atoms with E-state index in [1.807, 2.05) is 0 Å². The lowest BCUT2D eigenvalue weighted by atomic mass is 10.4. The predicted octanol–water partition coefficient (Wildman–Crippen LogP) is 0.00770. The summed E-state index contributed by atoms with van der Waals surface area (Å²) < 4.78 is 28.0. The highest BCUT2D eigenvalue weighted by atomic mass is 32.2. The van der Waals surface area contributed by atoms with Crippen molar-refractivity contribution in [3.63, 3.8) is 0 Å². The summed E-state index contributed by atoms with van der Waals surface area (Å²) in [5.74, 6) is 0. The van der Waals surface area contributed by atoms with Crippen molar-refractivity contribution >= 4 is 15.7 Å². The molecule has 2 aromatic heterocycles. The van der Waals surface area contributed by atoms with E-state index in [-0.39, 0.29) is 11.4 Å². The van der Waals surface area contributed by atoms with E-state index in [0.717, 1.165) is 5.69 Å². The zero-order valence-electron chi connectivity index (χ0n) is 9.21. The van der Waals surface area contributed by atoms with E-state index in [4.69, 9.17) is 5.73 Å². The van der Waals surface area contributed by atoms with E-state index in [1.54, 1.807) is 17.7 Å². The van der Waals surface area contributed by atoms with Crippen molar-refractivity contribution in [3.8, 4) is 0 Å². The third kappa shape index (κ3) is 2.32. The molecule has 0 spiro atoms. The topological polar surface area (TPSA) is 106 Å². The van der Waals surface area contributed by atoms with Gasteiger partial charge in [-0.1, -0.05) is 0 Å². The minimum absolute atomic E-state index is 0.182. The van der Waals surface area contributed by atoms with Gasteiger partial charge in [-0.05, 0) is 6.07 Å². The van der Waals surface area contributed by atoms with Crippen LogP contribution in [0.1, 0.15) is 5.69 Å². The highest BCUT2D eigenvalue weighted by molar-refractivity contribution is 7.92. The predicted molar refractivity (Wildman–Crippen MR) is 62.7 cm³/mol. The number of H-pyrrole nitrogens is 1. The number of nitrogens with two attached hydrogens (primary N) is 1. The standard InChI is InChI=1S/C9H13N5O2S/c1-14-6-9(2-8(14)3-10)17(15,16)13-7-4-11-12-5-7/h2,4-6,13H,3,10H2,1H3,(H,11,12). The van der Waals surface area contributed by atoms with E-state index in [9.17, 15) is 8.42 Å². The molecule has 0 saturated carbocycles. The lowest BCUT2D eigenvalue weighted by Gasteiger charge is -2.02. The van der Waals surface area contributed by atoms with Gasteiger partial charge in [-0.3, -0.25) is 9.82 Å². The van der Waals surface area contributed by atoms with Gasteiger partial charge in [0.2, 0.25) is 0 Å². The molecule has 0 unspecified atom stereocenters. The summed E-state index contributed by atoms with van der Waals surface area (Å²) in [7, 11) is -1.83. The fourth-order valence-corrected chi connectivity index (χ4v) is 2.58. The third-order valence-corrected chi connectivity index (χ3v) is 3.70. The molecule has 0 saturated heterocycles. The van der Waals surface area contributed by atoms with E-state index in [1.165, 1.54) is 18.6 Å². The maximum absolute atomic E-state index is 12.0. The van der Waals surface area contributed by atoms with Crippen LogP contribution in [0.15, 0.2) is 29.6 Å². The molecule has 0 bridgehead atoms. The van der Waals surface area contributed by atoms with Crippen molar-refractivity contribution in [1.82, 2.24) is 14.8 Å². The summed E-state index contributed by atoms with van der Waals surface area (Å²) in [6.07, 6.45) is 4.37. The van der Waals surface area contributed by atoms with Crippen LogP contribution in [-0.2, 0) is 23.6 Å². The largest absolute Gasteiger partial charge is 0.352 e. The number of aromatic nitrogens is 3. The second-order valence-corrected chi connectivity index (χ2v) is 5.26. The third-order valence-electron chi connectivity index (χ3n) is 2.35. The number of nitrogens with zero attached hydrogens (tertiary/aromatic N) is 2.